The average Bonchev–Trinajstić information content (AvgIpc) is 1.89. The number of hydrogen-bond donors (Lipinski definition) is 0. The molecule has 0 aliphatic rings. The first-order valence-corrected chi connectivity index (χ1v) is 3.19. The minimum atomic E-state index is 1.10. The van der Waals surface area contributed by atoms with Crippen molar-refractivity contribution in [1.29, 1.82) is 0 Å². The van der Waals surface area contributed by atoms with Gasteiger partial charge in [-0.2, -0.15) is 0 Å². The van der Waals surface area contributed by atoms with Gasteiger partial charge >= 0.3 is 0 Å². The maximum Gasteiger partial charge on any atom is -0.0313 e. The second-order valence-corrected chi connectivity index (χ2v) is 1.65. The largest absolute Gasteiger partial charge is 0.0848 e. The Balaban J connectivity index is 3.35. The summed E-state index contributed by atoms with van der Waals surface area (Å²) in [4.78, 5) is 0. The molecule has 0 unspecified atom stereocenters. The first-order chi connectivity index (χ1) is 4.41. The zero-order chi connectivity index (χ0) is 6.95. The average molecular weight is 121 g/mol. The Morgan fingerprint density at radius 1 is 1.11 bits per heavy atom. The fourth-order valence-corrected chi connectivity index (χ4v) is 0.422. The molecule has 0 atom stereocenters. The van der Waals surface area contributed by atoms with Crippen LogP contribution in [0.2, 0.25) is 0 Å². The maximum atomic E-state index is 3.55. The van der Waals surface area contributed by atoms with Gasteiger partial charge in [0.2, 0.25) is 0 Å². The summed E-state index contributed by atoms with van der Waals surface area (Å²) in [7, 11) is 0. The highest BCUT2D eigenvalue weighted by atomic mass is 13.7. The molecule has 0 aromatic heterocycles. The lowest BCUT2D eigenvalue weighted by Crippen LogP contribution is -1.51. The maximum absolute atomic E-state index is 3.55. The molecular formula is C9H13. The molecule has 0 rings (SSSR count). The Morgan fingerprint density at radius 3 is 2.33 bits per heavy atom. The van der Waals surface area contributed by atoms with E-state index in [1.165, 1.54) is 0 Å². The lowest BCUT2D eigenvalue weighted by atomic mass is 10.4. The van der Waals surface area contributed by atoms with Gasteiger partial charge in [-0.1, -0.05) is 43.4 Å². The monoisotopic (exact) mass is 121 g/mol. The van der Waals surface area contributed by atoms with Crippen LogP contribution in [-0.2, 0) is 0 Å². The summed E-state index contributed by atoms with van der Waals surface area (Å²) in [6.45, 7) is 5.66. The van der Waals surface area contributed by atoms with E-state index in [2.05, 4.69) is 19.9 Å². The van der Waals surface area contributed by atoms with Crippen molar-refractivity contribution in [3.05, 3.63) is 43.4 Å². The Morgan fingerprint density at radius 2 is 1.78 bits per heavy atom. The third-order valence-electron chi connectivity index (χ3n) is 0.841. The van der Waals surface area contributed by atoms with Crippen molar-refractivity contribution >= 4 is 0 Å². The molecule has 0 saturated carbocycles. The van der Waals surface area contributed by atoms with E-state index < -0.39 is 0 Å². The first kappa shape index (κ1) is 8.22. The predicted octanol–water partition coefficient (Wildman–Crippen LogP) is 2.90. The molecule has 0 heterocycles. The quantitative estimate of drug-likeness (QED) is 0.503. The summed E-state index contributed by atoms with van der Waals surface area (Å²) in [5.74, 6) is 0. The molecule has 0 bridgehead atoms. The van der Waals surface area contributed by atoms with E-state index in [0.29, 0.717) is 0 Å². The molecule has 0 nitrogen and oxygen atoms in total. The minimum absolute atomic E-state index is 1.10. The lowest BCUT2D eigenvalue weighted by molar-refractivity contribution is 1.22. The molecule has 0 saturated heterocycles. The molecule has 0 fully saturated rings. The minimum Gasteiger partial charge on any atom is -0.0848 e. The third kappa shape index (κ3) is 7.22. The van der Waals surface area contributed by atoms with Gasteiger partial charge in [-0.3, -0.25) is 0 Å². The van der Waals surface area contributed by atoms with Crippen LogP contribution in [0.5, 0.6) is 0 Å². The van der Waals surface area contributed by atoms with Crippen LogP contribution in [0.25, 0.3) is 0 Å². The highest BCUT2D eigenvalue weighted by molar-refractivity contribution is 5.11. The van der Waals surface area contributed by atoms with Crippen molar-refractivity contribution in [3.63, 3.8) is 0 Å². The van der Waals surface area contributed by atoms with Crippen LogP contribution in [0.3, 0.4) is 0 Å². The predicted molar refractivity (Wildman–Crippen MR) is 43.1 cm³/mol. The molecule has 1 radical (unpaired) electrons. The Labute approximate surface area is 57.6 Å². The van der Waals surface area contributed by atoms with Gasteiger partial charge in [0.1, 0.15) is 0 Å². The highest BCUT2D eigenvalue weighted by Crippen LogP contribution is 1.82. The Bertz CT molecular complexity index is 116. The second kappa shape index (κ2) is 7.22. The van der Waals surface area contributed by atoms with E-state index >= 15 is 0 Å². The third-order valence-corrected chi connectivity index (χ3v) is 0.841. The van der Waals surface area contributed by atoms with Gasteiger partial charge in [0.25, 0.3) is 0 Å². The molecule has 0 spiro atoms. The van der Waals surface area contributed by atoms with E-state index in [1.54, 1.807) is 6.08 Å². The number of rotatable bonds is 3. The van der Waals surface area contributed by atoms with E-state index in [0.717, 1.165) is 6.42 Å². The fraction of sp³-hybridized carbons (Fsp3) is 0.222. The molecule has 0 heteroatoms. The van der Waals surface area contributed by atoms with Crippen molar-refractivity contribution < 1.29 is 0 Å². The second-order valence-electron chi connectivity index (χ2n) is 1.65. The van der Waals surface area contributed by atoms with Gasteiger partial charge in [-0.15, -0.1) is 0 Å². The van der Waals surface area contributed by atoms with Crippen molar-refractivity contribution in [2.24, 2.45) is 0 Å². The topological polar surface area (TPSA) is 0 Å². The smallest absolute Gasteiger partial charge is 0.0313 e. The summed E-state index contributed by atoms with van der Waals surface area (Å²) in [5, 5.41) is 0. The number of allylic oxidation sites excluding steroid dienone is 6. The zero-order valence-corrected chi connectivity index (χ0v) is 5.88. The van der Waals surface area contributed by atoms with Crippen molar-refractivity contribution in [1.82, 2.24) is 0 Å². The van der Waals surface area contributed by atoms with Gasteiger partial charge in [-0.05, 0) is 13.3 Å². The van der Waals surface area contributed by atoms with Gasteiger partial charge < -0.3 is 0 Å². The Hall–Kier alpha value is -0.780. The van der Waals surface area contributed by atoms with Crippen molar-refractivity contribution in [2.45, 2.75) is 13.3 Å². The van der Waals surface area contributed by atoms with Crippen molar-refractivity contribution in [2.75, 3.05) is 0 Å². The van der Waals surface area contributed by atoms with E-state index in [9.17, 15) is 0 Å². The molecule has 0 aromatic rings. The van der Waals surface area contributed by atoms with E-state index in [1.807, 2.05) is 24.3 Å². The summed E-state index contributed by atoms with van der Waals surface area (Å²) < 4.78 is 0. The van der Waals surface area contributed by atoms with Crippen LogP contribution in [0.1, 0.15) is 13.3 Å². The van der Waals surface area contributed by atoms with Crippen LogP contribution in [0.15, 0.2) is 36.5 Å². The molecule has 9 heavy (non-hydrogen) atoms. The molecule has 0 aromatic carbocycles. The van der Waals surface area contributed by atoms with Crippen LogP contribution < -0.4 is 0 Å². The van der Waals surface area contributed by atoms with Crippen LogP contribution in [-0.4, -0.2) is 0 Å². The first-order valence-electron chi connectivity index (χ1n) is 3.19. The zero-order valence-electron chi connectivity index (χ0n) is 5.88. The summed E-state index contributed by atoms with van der Waals surface area (Å²) in [6.07, 6.45) is 12.8. The molecule has 0 aliphatic heterocycles. The van der Waals surface area contributed by atoms with E-state index in [4.69, 9.17) is 0 Å². The van der Waals surface area contributed by atoms with Crippen LogP contribution in [0, 0.1) is 6.92 Å². The lowest BCUT2D eigenvalue weighted by Gasteiger charge is -1.72. The van der Waals surface area contributed by atoms with Gasteiger partial charge in [0, 0.05) is 0 Å². The highest BCUT2D eigenvalue weighted by Gasteiger charge is 1.60. The van der Waals surface area contributed by atoms with Crippen LogP contribution >= 0.6 is 0 Å². The molecular weight excluding hydrogens is 108 g/mol. The Kier molecular flexibility index (Phi) is 6.59. The molecule has 0 N–H and O–H groups in total. The SMILES string of the molecule is [CH2]/C=C/C=C/C=C/CC. The van der Waals surface area contributed by atoms with Gasteiger partial charge in [0.15, 0.2) is 0 Å². The summed E-state index contributed by atoms with van der Waals surface area (Å²) in [5.41, 5.74) is 0. The molecule has 49 valence electrons. The molecule has 0 amide bonds. The van der Waals surface area contributed by atoms with E-state index in [-0.39, 0.29) is 0 Å². The molecule has 0 aliphatic carbocycles. The normalized spacial score (nSPS) is 12.7. The summed E-state index contributed by atoms with van der Waals surface area (Å²) >= 11 is 0. The fourth-order valence-electron chi connectivity index (χ4n) is 0.422. The van der Waals surface area contributed by atoms with Crippen LogP contribution in [0.4, 0.5) is 0 Å². The standard InChI is InChI=1S/C9H13/c1-3-5-7-9-8-6-4-2/h3,5-9H,1,4H2,2H3/b5-3+,8-6+,9-7+. The van der Waals surface area contributed by atoms with Crippen molar-refractivity contribution in [3.8, 4) is 0 Å². The van der Waals surface area contributed by atoms with Gasteiger partial charge in [-0.25, -0.2) is 0 Å². The van der Waals surface area contributed by atoms with Gasteiger partial charge in [0.05, 0.1) is 0 Å². The summed E-state index contributed by atoms with van der Waals surface area (Å²) in [6, 6.07) is 0. The number of hydrogen-bond acceptors (Lipinski definition) is 0.